The molecule has 1 aromatic rings. The van der Waals surface area contributed by atoms with Crippen LogP contribution in [0.5, 0.6) is 0 Å². The molecule has 0 amide bonds. The van der Waals surface area contributed by atoms with Crippen molar-refractivity contribution >= 4 is 0 Å². The molecule has 0 atom stereocenters. The largest absolute Gasteiger partial charge is 0.269 e. The van der Waals surface area contributed by atoms with Gasteiger partial charge in [-0.2, -0.15) is 5.10 Å². The molecule has 72 valence electrons. The van der Waals surface area contributed by atoms with Crippen LogP contribution in [0.3, 0.4) is 0 Å². The number of hydrogen-bond donors (Lipinski definition) is 0. The topological polar surface area (TPSA) is 17.8 Å². The van der Waals surface area contributed by atoms with Crippen LogP contribution in [0.4, 0.5) is 0 Å². The molecule has 13 heavy (non-hydrogen) atoms. The first kappa shape index (κ1) is 8.79. The molecule has 0 unspecified atom stereocenters. The molecule has 1 heterocycles. The maximum absolute atomic E-state index is 4.41. The fourth-order valence-electron chi connectivity index (χ4n) is 1.43. The average Bonchev–Trinajstić information content (AvgIpc) is 2.83. The van der Waals surface area contributed by atoms with Gasteiger partial charge in [0.2, 0.25) is 0 Å². The van der Waals surface area contributed by atoms with Crippen molar-refractivity contribution < 1.29 is 0 Å². The first-order chi connectivity index (χ1) is 6.13. The molecule has 0 saturated heterocycles. The highest BCUT2D eigenvalue weighted by molar-refractivity contribution is 5.17. The number of hydrogen-bond acceptors (Lipinski definition) is 1. The molecule has 0 aliphatic heterocycles. The van der Waals surface area contributed by atoms with Gasteiger partial charge in [-0.3, -0.25) is 4.68 Å². The van der Waals surface area contributed by atoms with Crippen LogP contribution in [0.15, 0.2) is 12.4 Å². The molecule has 2 heteroatoms. The van der Waals surface area contributed by atoms with Crippen LogP contribution in [0.1, 0.15) is 51.6 Å². The monoisotopic (exact) mass is 178 g/mol. The van der Waals surface area contributed by atoms with Gasteiger partial charge in [0.15, 0.2) is 0 Å². The average molecular weight is 178 g/mol. The summed E-state index contributed by atoms with van der Waals surface area (Å²) < 4.78 is 2.13. The Kier molecular flexibility index (Phi) is 1.94. The standard InChI is InChI=1S/C11H18N2/c1-4-11(2,3)9-7-12-13(8-9)10-5-6-10/h7-8,10H,4-6H2,1-3H3. The third kappa shape index (κ3) is 1.62. The van der Waals surface area contributed by atoms with Gasteiger partial charge in [-0.1, -0.05) is 20.8 Å². The molecule has 1 fully saturated rings. The Morgan fingerprint density at radius 2 is 2.23 bits per heavy atom. The third-order valence-corrected chi connectivity index (χ3v) is 3.19. The molecule has 0 spiro atoms. The first-order valence-electron chi connectivity index (χ1n) is 5.18. The van der Waals surface area contributed by atoms with Crippen molar-refractivity contribution in [1.29, 1.82) is 0 Å². The molecule has 0 N–H and O–H groups in total. The zero-order chi connectivity index (χ0) is 9.47. The number of rotatable bonds is 3. The molecule has 2 rings (SSSR count). The highest BCUT2D eigenvalue weighted by Gasteiger charge is 2.26. The van der Waals surface area contributed by atoms with Gasteiger partial charge in [-0.25, -0.2) is 0 Å². The van der Waals surface area contributed by atoms with Gasteiger partial charge in [0, 0.05) is 6.20 Å². The van der Waals surface area contributed by atoms with E-state index >= 15 is 0 Å². The summed E-state index contributed by atoms with van der Waals surface area (Å²) in [5, 5.41) is 4.41. The van der Waals surface area contributed by atoms with Gasteiger partial charge < -0.3 is 0 Å². The van der Waals surface area contributed by atoms with Gasteiger partial charge in [0.05, 0.1) is 12.2 Å². The van der Waals surface area contributed by atoms with Crippen molar-refractivity contribution in [3.8, 4) is 0 Å². The molecule has 0 bridgehead atoms. The first-order valence-corrected chi connectivity index (χ1v) is 5.18. The van der Waals surface area contributed by atoms with Crippen LogP contribution in [-0.2, 0) is 5.41 Å². The molecule has 0 radical (unpaired) electrons. The minimum absolute atomic E-state index is 0.285. The minimum Gasteiger partial charge on any atom is -0.269 e. The van der Waals surface area contributed by atoms with Gasteiger partial charge >= 0.3 is 0 Å². The van der Waals surface area contributed by atoms with Gasteiger partial charge in [0.25, 0.3) is 0 Å². The molecular formula is C11H18N2. The number of nitrogens with zero attached hydrogens (tertiary/aromatic N) is 2. The lowest BCUT2D eigenvalue weighted by molar-refractivity contribution is 0.505. The van der Waals surface area contributed by atoms with E-state index in [-0.39, 0.29) is 5.41 Å². The fourth-order valence-corrected chi connectivity index (χ4v) is 1.43. The third-order valence-electron chi connectivity index (χ3n) is 3.19. The Bertz CT molecular complexity index is 295. The van der Waals surface area contributed by atoms with Crippen LogP contribution < -0.4 is 0 Å². The van der Waals surface area contributed by atoms with E-state index in [4.69, 9.17) is 0 Å². The van der Waals surface area contributed by atoms with Gasteiger partial charge in [-0.05, 0) is 30.2 Å². The van der Waals surface area contributed by atoms with Crippen LogP contribution in [0, 0.1) is 0 Å². The van der Waals surface area contributed by atoms with Crippen molar-refractivity contribution in [2.45, 2.75) is 51.5 Å². The summed E-state index contributed by atoms with van der Waals surface area (Å²) in [5.41, 5.74) is 1.66. The zero-order valence-corrected chi connectivity index (χ0v) is 8.75. The van der Waals surface area contributed by atoms with Crippen molar-refractivity contribution in [1.82, 2.24) is 9.78 Å². The van der Waals surface area contributed by atoms with Crippen molar-refractivity contribution in [2.24, 2.45) is 0 Å². The highest BCUT2D eigenvalue weighted by Crippen LogP contribution is 2.35. The smallest absolute Gasteiger partial charge is 0.0527 e. The molecule has 1 aliphatic carbocycles. The lowest BCUT2D eigenvalue weighted by Gasteiger charge is -2.20. The van der Waals surface area contributed by atoms with E-state index in [1.165, 1.54) is 24.8 Å². The molecule has 2 nitrogen and oxygen atoms in total. The summed E-state index contributed by atoms with van der Waals surface area (Å²) in [7, 11) is 0. The summed E-state index contributed by atoms with van der Waals surface area (Å²) in [6, 6.07) is 0.710. The highest BCUT2D eigenvalue weighted by atomic mass is 15.3. The van der Waals surface area contributed by atoms with Crippen LogP contribution in [0.2, 0.25) is 0 Å². The molecular weight excluding hydrogens is 160 g/mol. The molecule has 1 aromatic heterocycles. The quantitative estimate of drug-likeness (QED) is 0.696. The van der Waals surface area contributed by atoms with Crippen molar-refractivity contribution in [2.75, 3.05) is 0 Å². The van der Waals surface area contributed by atoms with E-state index in [1.807, 2.05) is 6.20 Å². The van der Waals surface area contributed by atoms with E-state index in [2.05, 4.69) is 36.7 Å². The summed E-state index contributed by atoms with van der Waals surface area (Å²) in [4.78, 5) is 0. The second kappa shape index (κ2) is 2.86. The normalized spacial score (nSPS) is 17.8. The van der Waals surface area contributed by atoms with Crippen LogP contribution >= 0.6 is 0 Å². The Labute approximate surface area is 80.0 Å². The predicted octanol–water partition coefficient (Wildman–Crippen LogP) is 2.91. The lowest BCUT2D eigenvalue weighted by Crippen LogP contribution is -2.14. The minimum atomic E-state index is 0.285. The summed E-state index contributed by atoms with van der Waals surface area (Å²) >= 11 is 0. The second-order valence-electron chi connectivity index (χ2n) is 4.68. The number of aromatic nitrogens is 2. The molecule has 1 saturated carbocycles. The van der Waals surface area contributed by atoms with Crippen LogP contribution in [0.25, 0.3) is 0 Å². The predicted molar refractivity (Wildman–Crippen MR) is 53.8 cm³/mol. The van der Waals surface area contributed by atoms with E-state index in [0.29, 0.717) is 6.04 Å². The van der Waals surface area contributed by atoms with Crippen LogP contribution in [-0.4, -0.2) is 9.78 Å². The maximum atomic E-state index is 4.41. The van der Waals surface area contributed by atoms with Gasteiger partial charge in [-0.15, -0.1) is 0 Å². The second-order valence-corrected chi connectivity index (χ2v) is 4.68. The summed E-state index contributed by atoms with van der Waals surface area (Å²) in [6.45, 7) is 6.79. The van der Waals surface area contributed by atoms with Gasteiger partial charge in [0.1, 0.15) is 0 Å². The van der Waals surface area contributed by atoms with E-state index < -0.39 is 0 Å². The Hall–Kier alpha value is -0.790. The van der Waals surface area contributed by atoms with E-state index in [9.17, 15) is 0 Å². The lowest BCUT2D eigenvalue weighted by atomic mass is 9.84. The summed E-state index contributed by atoms with van der Waals surface area (Å²) in [5.74, 6) is 0. The van der Waals surface area contributed by atoms with E-state index in [0.717, 1.165) is 0 Å². The Morgan fingerprint density at radius 3 is 2.77 bits per heavy atom. The Balaban J connectivity index is 2.20. The van der Waals surface area contributed by atoms with Crippen molar-refractivity contribution in [3.63, 3.8) is 0 Å². The zero-order valence-electron chi connectivity index (χ0n) is 8.75. The van der Waals surface area contributed by atoms with E-state index in [1.54, 1.807) is 0 Å². The molecule has 0 aromatic carbocycles. The molecule has 1 aliphatic rings. The van der Waals surface area contributed by atoms with Crippen molar-refractivity contribution in [3.05, 3.63) is 18.0 Å². The SMILES string of the molecule is CCC(C)(C)c1cnn(C2CC2)c1. The summed E-state index contributed by atoms with van der Waals surface area (Å²) in [6.07, 6.45) is 8.05. The Morgan fingerprint density at radius 1 is 1.54 bits per heavy atom. The maximum Gasteiger partial charge on any atom is 0.0527 e. The fraction of sp³-hybridized carbons (Fsp3) is 0.727.